The first-order chi connectivity index (χ1) is 8.65. The van der Waals surface area contributed by atoms with Crippen molar-refractivity contribution in [3.63, 3.8) is 0 Å². The van der Waals surface area contributed by atoms with Crippen molar-refractivity contribution in [1.82, 2.24) is 5.32 Å². The molecule has 2 bridgehead atoms. The maximum absolute atomic E-state index is 12.0. The summed E-state index contributed by atoms with van der Waals surface area (Å²) in [7, 11) is 0. The molecule has 0 aromatic rings. The first-order valence-electron chi connectivity index (χ1n) is 6.49. The Bertz CT molecular complexity index is 366. The van der Waals surface area contributed by atoms with E-state index in [4.69, 9.17) is 4.74 Å². The maximum Gasteiger partial charge on any atom is 0.310 e. The van der Waals surface area contributed by atoms with E-state index in [1.165, 1.54) is 0 Å². The Labute approximate surface area is 106 Å². The minimum absolute atomic E-state index is 0.199. The van der Waals surface area contributed by atoms with E-state index in [1.807, 2.05) is 0 Å². The average Bonchev–Trinajstić information content (AvgIpc) is 2.94. The maximum atomic E-state index is 12.0. The largest absolute Gasteiger partial charge is 0.481 e. The summed E-state index contributed by atoms with van der Waals surface area (Å²) < 4.78 is 5.45. The zero-order valence-corrected chi connectivity index (χ0v) is 10.5. The van der Waals surface area contributed by atoms with Gasteiger partial charge in [0.05, 0.1) is 18.1 Å². The van der Waals surface area contributed by atoms with Crippen LogP contribution in [-0.2, 0) is 14.3 Å². The summed E-state index contributed by atoms with van der Waals surface area (Å²) in [4.78, 5) is 23.2. The summed E-state index contributed by atoms with van der Waals surface area (Å²) in [5, 5.41) is 12.0. The van der Waals surface area contributed by atoms with E-state index in [0.29, 0.717) is 6.54 Å². The topological polar surface area (TPSA) is 75.6 Å². The Morgan fingerprint density at radius 1 is 1.22 bits per heavy atom. The van der Waals surface area contributed by atoms with E-state index in [0.717, 1.165) is 19.3 Å². The number of rotatable bonds is 6. The van der Waals surface area contributed by atoms with Gasteiger partial charge in [-0.3, -0.25) is 9.59 Å². The minimum atomic E-state index is -0.958. The predicted octanol–water partition coefficient (Wildman–Crippen LogP) is 0.947. The highest BCUT2D eigenvalue weighted by molar-refractivity contribution is 5.87. The Kier molecular flexibility index (Phi) is 4.01. The molecule has 1 saturated heterocycles. The summed E-state index contributed by atoms with van der Waals surface area (Å²) in [6.45, 7) is 2.70. The standard InChI is InChI=1S/C13H19NO4/c1-2-3-4-7-14-12(15)10-8-5-6-9(18-8)11(10)13(16)17/h5-6,8-11H,2-4,7H2,1H3,(H,14,15)(H,16,17)/t8-,9-,10+,11-/m0/s1. The second-order valence-corrected chi connectivity index (χ2v) is 4.84. The first kappa shape index (κ1) is 13.1. The fraction of sp³-hybridized carbons (Fsp3) is 0.692. The molecule has 18 heavy (non-hydrogen) atoms. The Balaban J connectivity index is 1.92. The second kappa shape index (κ2) is 5.52. The van der Waals surface area contributed by atoms with Crippen LogP contribution in [0, 0.1) is 11.8 Å². The molecule has 0 unspecified atom stereocenters. The number of nitrogens with one attached hydrogen (secondary N) is 1. The summed E-state index contributed by atoms with van der Waals surface area (Å²) in [6, 6.07) is 0. The molecule has 2 N–H and O–H groups in total. The molecule has 0 spiro atoms. The number of fused-ring (bicyclic) bond motifs is 2. The monoisotopic (exact) mass is 253 g/mol. The smallest absolute Gasteiger partial charge is 0.310 e. The number of carbonyl (C=O) groups is 2. The number of carbonyl (C=O) groups excluding carboxylic acids is 1. The van der Waals surface area contributed by atoms with E-state index in [2.05, 4.69) is 12.2 Å². The van der Waals surface area contributed by atoms with Crippen LogP contribution in [0.25, 0.3) is 0 Å². The van der Waals surface area contributed by atoms with Crippen molar-refractivity contribution >= 4 is 11.9 Å². The van der Waals surface area contributed by atoms with Gasteiger partial charge in [0.25, 0.3) is 0 Å². The molecule has 4 atom stereocenters. The van der Waals surface area contributed by atoms with E-state index in [9.17, 15) is 14.7 Å². The van der Waals surface area contributed by atoms with Gasteiger partial charge in [0, 0.05) is 6.54 Å². The van der Waals surface area contributed by atoms with Crippen LogP contribution in [-0.4, -0.2) is 35.7 Å². The van der Waals surface area contributed by atoms with Crippen LogP contribution in [0.1, 0.15) is 26.2 Å². The highest BCUT2D eigenvalue weighted by Gasteiger charge is 2.52. The van der Waals surface area contributed by atoms with Gasteiger partial charge in [-0.1, -0.05) is 31.9 Å². The summed E-state index contributed by atoms with van der Waals surface area (Å²) in [5.41, 5.74) is 0. The second-order valence-electron chi connectivity index (χ2n) is 4.84. The molecule has 0 aromatic carbocycles. The van der Waals surface area contributed by atoms with Gasteiger partial charge in [-0.25, -0.2) is 0 Å². The lowest BCUT2D eigenvalue weighted by atomic mass is 9.82. The molecular weight excluding hydrogens is 234 g/mol. The fourth-order valence-corrected chi connectivity index (χ4v) is 2.62. The third-order valence-corrected chi connectivity index (χ3v) is 3.57. The van der Waals surface area contributed by atoms with Gasteiger partial charge >= 0.3 is 5.97 Å². The number of carboxylic acid groups (broad SMARTS) is 1. The fourth-order valence-electron chi connectivity index (χ4n) is 2.62. The lowest BCUT2D eigenvalue weighted by Gasteiger charge is -2.20. The van der Waals surface area contributed by atoms with Crippen LogP contribution in [0.4, 0.5) is 0 Å². The molecule has 0 aromatic heterocycles. The van der Waals surface area contributed by atoms with Crippen molar-refractivity contribution in [3.8, 4) is 0 Å². The normalized spacial score (nSPS) is 32.7. The molecule has 5 nitrogen and oxygen atoms in total. The van der Waals surface area contributed by atoms with Gasteiger partial charge in [-0.05, 0) is 6.42 Å². The Morgan fingerprint density at radius 2 is 1.89 bits per heavy atom. The van der Waals surface area contributed by atoms with Gasteiger partial charge in [-0.15, -0.1) is 0 Å². The first-order valence-corrected chi connectivity index (χ1v) is 6.49. The zero-order valence-electron chi connectivity index (χ0n) is 10.5. The van der Waals surface area contributed by atoms with E-state index in [-0.39, 0.29) is 12.0 Å². The molecule has 0 radical (unpaired) electrons. The third kappa shape index (κ3) is 2.41. The molecule has 1 fully saturated rings. The van der Waals surface area contributed by atoms with Gasteiger partial charge in [0.1, 0.15) is 5.92 Å². The number of hydrogen-bond acceptors (Lipinski definition) is 3. The molecule has 0 saturated carbocycles. The number of carboxylic acids is 1. The highest BCUT2D eigenvalue weighted by Crippen LogP contribution is 2.39. The molecule has 100 valence electrons. The predicted molar refractivity (Wildman–Crippen MR) is 65.0 cm³/mol. The van der Waals surface area contributed by atoms with E-state index in [1.54, 1.807) is 12.2 Å². The number of amides is 1. The molecule has 5 heteroatoms. The lowest BCUT2D eigenvalue weighted by Crippen LogP contribution is -2.42. The molecule has 1 amide bonds. The van der Waals surface area contributed by atoms with Crippen LogP contribution in [0.2, 0.25) is 0 Å². The van der Waals surface area contributed by atoms with Crippen LogP contribution < -0.4 is 5.32 Å². The number of hydrogen-bond donors (Lipinski definition) is 2. The number of aliphatic carboxylic acids is 1. The molecule has 2 rings (SSSR count). The highest BCUT2D eigenvalue weighted by atomic mass is 16.5. The molecule has 2 aliphatic rings. The minimum Gasteiger partial charge on any atom is -0.481 e. The van der Waals surface area contributed by atoms with Crippen molar-refractivity contribution in [2.75, 3.05) is 6.54 Å². The van der Waals surface area contributed by atoms with Crippen molar-refractivity contribution < 1.29 is 19.4 Å². The van der Waals surface area contributed by atoms with Gasteiger partial charge in [-0.2, -0.15) is 0 Å². The Morgan fingerprint density at radius 3 is 2.50 bits per heavy atom. The van der Waals surface area contributed by atoms with Crippen molar-refractivity contribution in [3.05, 3.63) is 12.2 Å². The van der Waals surface area contributed by atoms with Gasteiger partial charge in [0.15, 0.2) is 0 Å². The van der Waals surface area contributed by atoms with Crippen LogP contribution in [0.5, 0.6) is 0 Å². The van der Waals surface area contributed by atoms with Crippen molar-refractivity contribution in [1.29, 1.82) is 0 Å². The zero-order chi connectivity index (χ0) is 13.1. The van der Waals surface area contributed by atoms with Gasteiger partial charge < -0.3 is 15.2 Å². The quantitative estimate of drug-likeness (QED) is 0.546. The van der Waals surface area contributed by atoms with Crippen molar-refractivity contribution in [2.45, 2.75) is 38.4 Å². The molecule has 2 aliphatic heterocycles. The molecule has 2 heterocycles. The van der Waals surface area contributed by atoms with Gasteiger partial charge in [0.2, 0.25) is 5.91 Å². The third-order valence-electron chi connectivity index (χ3n) is 3.57. The van der Waals surface area contributed by atoms with Crippen LogP contribution >= 0.6 is 0 Å². The molecule has 0 aliphatic carbocycles. The average molecular weight is 253 g/mol. The summed E-state index contributed by atoms with van der Waals surface area (Å²) in [5.74, 6) is -2.48. The number of ether oxygens (including phenoxy) is 1. The number of unbranched alkanes of at least 4 members (excludes halogenated alkanes) is 2. The SMILES string of the molecule is CCCCCNC(=O)[C@H]1[C@@H](C(=O)O)[C@@H]2C=C[C@@H]1O2. The van der Waals surface area contributed by atoms with Crippen molar-refractivity contribution in [2.24, 2.45) is 11.8 Å². The Hall–Kier alpha value is -1.36. The van der Waals surface area contributed by atoms with Crippen LogP contribution in [0.15, 0.2) is 12.2 Å². The summed E-state index contributed by atoms with van der Waals surface area (Å²) >= 11 is 0. The van der Waals surface area contributed by atoms with Crippen LogP contribution in [0.3, 0.4) is 0 Å². The molecular formula is C13H19NO4. The van der Waals surface area contributed by atoms with E-state index >= 15 is 0 Å². The lowest BCUT2D eigenvalue weighted by molar-refractivity contribution is -0.146. The van der Waals surface area contributed by atoms with E-state index < -0.39 is 23.9 Å². The summed E-state index contributed by atoms with van der Waals surface area (Å²) in [6.07, 6.45) is 5.80.